The third kappa shape index (κ3) is 2.75. The summed E-state index contributed by atoms with van der Waals surface area (Å²) in [5, 5.41) is 11.1. The molecule has 1 aliphatic rings. The van der Waals surface area contributed by atoms with Crippen LogP contribution in [0.2, 0.25) is 0 Å². The van der Waals surface area contributed by atoms with E-state index in [-0.39, 0.29) is 18.3 Å². The molecule has 0 aliphatic heterocycles. The molecule has 1 amide bonds. The zero-order valence-electron chi connectivity index (χ0n) is 10.5. The van der Waals surface area contributed by atoms with Gasteiger partial charge in [-0.1, -0.05) is 25.0 Å². The minimum atomic E-state index is -1.07. The van der Waals surface area contributed by atoms with Crippen molar-refractivity contribution in [2.75, 3.05) is 6.54 Å². The Morgan fingerprint density at radius 2 is 1.79 bits per heavy atom. The van der Waals surface area contributed by atoms with Crippen LogP contribution in [0.15, 0.2) is 24.3 Å². The van der Waals surface area contributed by atoms with E-state index in [1.54, 1.807) is 12.1 Å². The summed E-state index contributed by atoms with van der Waals surface area (Å²) < 4.78 is 13.0. The third-order valence-electron chi connectivity index (χ3n) is 3.69. The van der Waals surface area contributed by atoms with E-state index in [2.05, 4.69) is 5.32 Å². The summed E-state index contributed by atoms with van der Waals surface area (Å²) in [4.78, 5) is 22.8. The van der Waals surface area contributed by atoms with Crippen LogP contribution in [0.5, 0.6) is 0 Å². The molecule has 5 heteroatoms. The summed E-state index contributed by atoms with van der Waals surface area (Å²) in [6, 6.07) is 5.89. The standard InChI is InChI=1S/C14H16FNO3/c15-11-5-3-10(4-6-11)14(7-1-2-8-14)13(19)16-9-12(17)18/h3-6H,1-2,7-9H2,(H,16,19)(H,17,18). The normalized spacial score (nSPS) is 17.1. The van der Waals surface area contributed by atoms with Gasteiger partial charge in [-0.25, -0.2) is 4.39 Å². The van der Waals surface area contributed by atoms with Gasteiger partial charge in [-0.05, 0) is 30.5 Å². The summed E-state index contributed by atoms with van der Waals surface area (Å²) in [7, 11) is 0. The van der Waals surface area contributed by atoms with Crippen LogP contribution >= 0.6 is 0 Å². The number of hydrogen-bond acceptors (Lipinski definition) is 2. The summed E-state index contributed by atoms with van der Waals surface area (Å²) >= 11 is 0. The molecule has 0 bridgehead atoms. The fourth-order valence-electron chi connectivity index (χ4n) is 2.72. The largest absolute Gasteiger partial charge is 0.480 e. The maximum atomic E-state index is 13.0. The van der Waals surface area contributed by atoms with Gasteiger partial charge in [0.1, 0.15) is 12.4 Å². The lowest BCUT2D eigenvalue weighted by molar-refractivity contribution is -0.138. The van der Waals surface area contributed by atoms with Crippen LogP contribution in [0.3, 0.4) is 0 Å². The molecule has 4 nitrogen and oxygen atoms in total. The Bertz CT molecular complexity index is 478. The molecule has 102 valence electrons. The lowest BCUT2D eigenvalue weighted by Gasteiger charge is -2.28. The molecule has 1 aromatic rings. The maximum Gasteiger partial charge on any atom is 0.322 e. The highest BCUT2D eigenvalue weighted by Gasteiger charge is 2.42. The number of amides is 1. The first-order valence-corrected chi connectivity index (χ1v) is 6.31. The number of nitrogens with one attached hydrogen (secondary N) is 1. The summed E-state index contributed by atoms with van der Waals surface area (Å²) in [6.45, 7) is -0.387. The van der Waals surface area contributed by atoms with Crippen molar-refractivity contribution in [2.24, 2.45) is 0 Å². The SMILES string of the molecule is O=C(O)CNC(=O)C1(c2ccc(F)cc2)CCCC1. The van der Waals surface area contributed by atoms with Crippen LogP contribution in [-0.4, -0.2) is 23.5 Å². The second-order valence-corrected chi connectivity index (χ2v) is 4.87. The Kier molecular flexibility index (Phi) is 3.83. The number of halogens is 1. The van der Waals surface area contributed by atoms with Crippen LogP contribution < -0.4 is 5.32 Å². The molecule has 2 rings (SSSR count). The fraction of sp³-hybridized carbons (Fsp3) is 0.429. The van der Waals surface area contributed by atoms with E-state index >= 15 is 0 Å². The number of carbonyl (C=O) groups excluding carboxylic acids is 1. The van der Waals surface area contributed by atoms with Gasteiger partial charge in [0.15, 0.2) is 0 Å². The van der Waals surface area contributed by atoms with Crippen molar-refractivity contribution in [3.63, 3.8) is 0 Å². The van der Waals surface area contributed by atoms with Crippen LogP contribution in [0.1, 0.15) is 31.2 Å². The van der Waals surface area contributed by atoms with Crippen LogP contribution in [-0.2, 0) is 15.0 Å². The third-order valence-corrected chi connectivity index (χ3v) is 3.69. The quantitative estimate of drug-likeness (QED) is 0.873. The highest BCUT2D eigenvalue weighted by molar-refractivity contribution is 5.90. The van der Waals surface area contributed by atoms with E-state index in [1.165, 1.54) is 12.1 Å². The summed E-state index contributed by atoms with van der Waals surface area (Å²) in [5.41, 5.74) is 0.0534. The highest BCUT2D eigenvalue weighted by atomic mass is 19.1. The fourth-order valence-corrected chi connectivity index (χ4v) is 2.72. The molecule has 0 heterocycles. The Hall–Kier alpha value is -1.91. The minimum Gasteiger partial charge on any atom is -0.480 e. The lowest BCUT2D eigenvalue weighted by Crippen LogP contribution is -2.44. The molecular weight excluding hydrogens is 249 g/mol. The Balaban J connectivity index is 2.24. The molecule has 0 saturated heterocycles. The molecule has 0 unspecified atom stereocenters. The molecule has 1 aliphatic carbocycles. The second-order valence-electron chi connectivity index (χ2n) is 4.87. The van der Waals surface area contributed by atoms with Gasteiger partial charge in [-0.2, -0.15) is 0 Å². The van der Waals surface area contributed by atoms with Gasteiger partial charge in [0, 0.05) is 0 Å². The molecule has 1 aromatic carbocycles. The van der Waals surface area contributed by atoms with Crippen LogP contribution in [0, 0.1) is 5.82 Å². The predicted molar refractivity (Wildman–Crippen MR) is 67.2 cm³/mol. The van der Waals surface area contributed by atoms with Crippen molar-refractivity contribution in [1.29, 1.82) is 0 Å². The van der Waals surface area contributed by atoms with E-state index < -0.39 is 11.4 Å². The van der Waals surface area contributed by atoms with Gasteiger partial charge in [-0.15, -0.1) is 0 Å². The predicted octanol–water partition coefficient (Wildman–Crippen LogP) is 1.84. The smallest absolute Gasteiger partial charge is 0.322 e. The van der Waals surface area contributed by atoms with Crippen molar-refractivity contribution >= 4 is 11.9 Å². The van der Waals surface area contributed by atoms with E-state index in [1.807, 2.05) is 0 Å². The number of hydrogen-bond donors (Lipinski definition) is 2. The molecule has 0 atom stereocenters. The number of rotatable bonds is 4. The Labute approximate surface area is 110 Å². The monoisotopic (exact) mass is 265 g/mol. The number of carboxylic acids is 1. The summed E-state index contributed by atoms with van der Waals surface area (Å²) in [6.07, 6.45) is 3.17. The molecular formula is C14H16FNO3. The molecule has 0 radical (unpaired) electrons. The van der Waals surface area contributed by atoms with Gasteiger partial charge in [-0.3, -0.25) is 9.59 Å². The zero-order chi connectivity index (χ0) is 13.9. The van der Waals surface area contributed by atoms with E-state index in [4.69, 9.17) is 5.11 Å². The molecule has 1 fully saturated rings. The van der Waals surface area contributed by atoms with Crippen LogP contribution in [0.25, 0.3) is 0 Å². The minimum absolute atomic E-state index is 0.279. The van der Waals surface area contributed by atoms with Gasteiger partial charge in [0.2, 0.25) is 5.91 Å². The molecule has 1 saturated carbocycles. The Morgan fingerprint density at radius 1 is 1.21 bits per heavy atom. The molecule has 0 aromatic heterocycles. The average Bonchev–Trinajstić information content (AvgIpc) is 2.87. The van der Waals surface area contributed by atoms with Gasteiger partial charge in [0.25, 0.3) is 0 Å². The van der Waals surface area contributed by atoms with Crippen molar-refractivity contribution in [2.45, 2.75) is 31.1 Å². The van der Waals surface area contributed by atoms with Gasteiger partial charge < -0.3 is 10.4 Å². The number of carboxylic acid groups (broad SMARTS) is 1. The Morgan fingerprint density at radius 3 is 2.32 bits per heavy atom. The van der Waals surface area contributed by atoms with Crippen LogP contribution in [0.4, 0.5) is 4.39 Å². The number of aliphatic carboxylic acids is 1. The first kappa shape index (κ1) is 13.5. The van der Waals surface area contributed by atoms with Crippen molar-refractivity contribution < 1.29 is 19.1 Å². The zero-order valence-corrected chi connectivity index (χ0v) is 10.5. The first-order valence-electron chi connectivity index (χ1n) is 6.31. The summed E-state index contributed by atoms with van der Waals surface area (Å²) in [5.74, 6) is -1.69. The first-order chi connectivity index (χ1) is 9.04. The van der Waals surface area contributed by atoms with E-state index in [0.29, 0.717) is 12.8 Å². The molecule has 2 N–H and O–H groups in total. The highest BCUT2D eigenvalue weighted by Crippen LogP contribution is 2.41. The van der Waals surface area contributed by atoms with E-state index in [9.17, 15) is 14.0 Å². The van der Waals surface area contributed by atoms with Crippen molar-refractivity contribution in [3.05, 3.63) is 35.6 Å². The van der Waals surface area contributed by atoms with E-state index in [0.717, 1.165) is 18.4 Å². The van der Waals surface area contributed by atoms with Crippen molar-refractivity contribution in [1.82, 2.24) is 5.32 Å². The number of carbonyl (C=O) groups is 2. The van der Waals surface area contributed by atoms with Crippen molar-refractivity contribution in [3.8, 4) is 0 Å². The molecule has 0 spiro atoms. The number of benzene rings is 1. The topological polar surface area (TPSA) is 66.4 Å². The van der Waals surface area contributed by atoms with Gasteiger partial charge in [0.05, 0.1) is 5.41 Å². The lowest BCUT2D eigenvalue weighted by atomic mass is 9.78. The van der Waals surface area contributed by atoms with Gasteiger partial charge >= 0.3 is 5.97 Å². The second kappa shape index (κ2) is 5.38. The molecule has 19 heavy (non-hydrogen) atoms. The average molecular weight is 265 g/mol. The maximum absolute atomic E-state index is 13.0.